The Labute approximate surface area is 86.5 Å². The van der Waals surface area contributed by atoms with Gasteiger partial charge in [0.25, 0.3) is 0 Å². The van der Waals surface area contributed by atoms with Gasteiger partial charge in [0.1, 0.15) is 5.65 Å². The molecule has 0 radical (unpaired) electrons. The van der Waals surface area contributed by atoms with E-state index < -0.39 is 6.04 Å². The number of aromatic nitrogens is 2. The third-order valence-corrected chi connectivity index (χ3v) is 2.36. The smallest absolute Gasteiger partial charge is 0.215 e. The second kappa shape index (κ2) is 3.68. The average molecular weight is 205 g/mol. The molecule has 0 N–H and O–H groups in total. The van der Waals surface area contributed by atoms with E-state index in [9.17, 15) is 10.1 Å². The summed E-state index contributed by atoms with van der Waals surface area (Å²) in [5.41, 5.74) is 1.69. The molecule has 5 nitrogen and oxygen atoms in total. The van der Waals surface area contributed by atoms with Gasteiger partial charge in [-0.2, -0.15) is 0 Å². The summed E-state index contributed by atoms with van der Waals surface area (Å²) in [5.74, 6) is 0. The van der Waals surface area contributed by atoms with Gasteiger partial charge in [-0.15, -0.1) is 0 Å². The highest BCUT2D eigenvalue weighted by molar-refractivity contribution is 5.39. The number of pyridine rings is 1. The van der Waals surface area contributed by atoms with Gasteiger partial charge in [0.2, 0.25) is 6.04 Å². The van der Waals surface area contributed by atoms with Crippen LogP contribution in [-0.4, -0.2) is 20.3 Å². The predicted molar refractivity (Wildman–Crippen MR) is 55.4 cm³/mol. The standard InChI is InChI=1S/C10H11N3O2/c1-8(13(14)15)6-9-7-11-10-4-2-3-5-12(9)10/h2-5,7-8H,6H2,1H3/t8-/m1/s1. The number of fused-ring (bicyclic) bond motifs is 1. The van der Waals surface area contributed by atoms with Gasteiger partial charge < -0.3 is 4.40 Å². The molecule has 2 aromatic heterocycles. The van der Waals surface area contributed by atoms with Crippen LogP contribution in [0.2, 0.25) is 0 Å². The van der Waals surface area contributed by atoms with Crippen molar-refractivity contribution in [2.24, 2.45) is 0 Å². The lowest BCUT2D eigenvalue weighted by molar-refractivity contribution is -0.517. The highest BCUT2D eigenvalue weighted by Crippen LogP contribution is 2.09. The maximum absolute atomic E-state index is 10.5. The van der Waals surface area contributed by atoms with Crippen molar-refractivity contribution in [2.75, 3.05) is 0 Å². The molecular weight excluding hydrogens is 194 g/mol. The van der Waals surface area contributed by atoms with Gasteiger partial charge in [0.15, 0.2) is 0 Å². The fraction of sp³-hybridized carbons (Fsp3) is 0.300. The number of nitrogens with zero attached hydrogens (tertiary/aromatic N) is 3. The highest BCUT2D eigenvalue weighted by atomic mass is 16.6. The summed E-state index contributed by atoms with van der Waals surface area (Å²) < 4.78 is 1.88. The van der Waals surface area contributed by atoms with Gasteiger partial charge in [-0.3, -0.25) is 10.1 Å². The van der Waals surface area contributed by atoms with E-state index in [1.807, 2.05) is 28.8 Å². The quantitative estimate of drug-likeness (QED) is 0.564. The molecular formula is C10H11N3O2. The third-order valence-electron chi connectivity index (χ3n) is 2.36. The van der Waals surface area contributed by atoms with E-state index in [0.29, 0.717) is 6.42 Å². The molecule has 0 amide bonds. The summed E-state index contributed by atoms with van der Waals surface area (Å²) >= 11 is 0. The van der Waals surface area contributed by atoms with Crippen molar-refractivity contribution in [1.29, 1.82) is 0 Å². The zero-order chi connectivity index (χ0) is 10.8. The van der Waals surface area contributed by atoms with Gasteiger partial charge in [0.05, 0.1) is 6.42 Å². The Morgan fingerprint density at radius 3 is 3.13 bits per heavy atom. The summed E-state index contributed by atoms with van der Waals surface area (Å²) in [6.07, 6.45) is 3.96. The number of nitro groups is 1. The minimum absolute atomic E-state index is 0.275. The Hall–Kier alpha value is -1.91. The van der Waals surface area contributed by atoms with Crippen LogP contribution in [0.1, 0.15) is 12.6 Å². The van der Waals surface area contributed by atoms with Gasteiger partial charge in [-0.05, 0) is 12.1 Å². The number of hydrogen-bond acceptors (Lipinski definition) is 3. The molecule has 0 aliphatic rings. The summed E-state index contributed by atoms with van der Waals surface area (Å²) in [5, 5.41) is 10.5. The Balaban J connectivity index is 2.32. The van der Waals surface area contributed by atoms with Crippen LogP contribution in [0.15, 0.2) is 30.6 Å². The molecule has 78 valence electrons. The fourth-order valence-corrected chi connectivity index (χ4v) is 1.51. The summed E-state index contributed by atoms with van der Waals surface area (Å²) in [6, 6.07) is 5.07. The van der Waals surface area contributed by atoms with Crippen molar-refractivity contribution >= 4 is 5.65 Å². The van der Waals surface area contributed by atoms with Gasteiger partial charge in [0, 0.05) is 29.9 Å². The molecule has 15 heavy (non-hydrogen) atoms. The highest BCUT2D eigenvalue weighted by Gasteiger charge is 2.15. The molecule has 0 aromatic carbocycles. The molecule has 5 heteroatoms. The fourth-order valence-electron chi connectivity index (χ4n) is 1.51. The Morgan fingerprint density at radius 2 is 2.40 bits per heavy atom. The first-order valence-electron chi connectivity index (χ1n) is 4.73. The molecule has 2 rings (SSSR count). The van der Waals surface area contributed by atoms with Gasteiger partial charge in [-0.1, -0.05) is 6.07 Å². The predicted octanol–water partition coefficient (Wildman–Crippen LogP) is 1.54. The maximum Gasteiger partial charge on any atom is 0.215 e. The van der Waals surface area contributed by atoms with Crippen molar-refractivity contribution in [3.05, 3.63) is 46.4 Å². The van der Waals surface area contributed by atoms with E-state index in [1.165, 1.54) is 0 Å². The Bertz CT molecular complexity index is 492. The average Bonchev–Trinajstić information content (AvgIpc) is 2.62. The first kappa shape index (κ1) is 9.64. The van der Waals surface area contributed by atoms with E-state index in [2.05, 4.69) is 4.98 Å². The van der Waals surface area contributed by atoms with Crippen LogP contribution in [0.25, 0.3) is 5.65 Å². The summed E-state index contributed by atoms with van der Waals surface area (Å²) in [7, 11) is 0. The van der Waals surface area contributed by atoms with Gasteiger partial charge in [-0.25, -0.2) is 4.98 Å². The Morgan fingerprint density at radius 1 is 1.60 bits per heavy atom. The molecule has 0 spiro atoms. The molecule has 0 saturated heterocycles. The van der Waals surface area contributed by atoms with E-state index in [-0.39, 0.29) is 4.92 Å². The van der Waals surface area contributed by atoms with Crippen molar-refractivity contribution in [3.63, 3.8) is 0 Å². The van der Waals surface area contributed by atoms with Crippen molar-refractivity contribution in [3.8, 4) is 0 Å². The topological polar surface area (TPSA) is 60.4 Å². The maximum atomic E-state index is 10.5. The molecule has 0 bridgehead atoms. The molecule has 1 atom stereocenters. The molecule has 0 aliphatic carbocycles. The Kier molecular flexibility index (Phi) is 2.37. The number of rotatable bonds is 3. The summed E-state index contributed by atoms with van der Waals surface area (Å²) in [6.45, 7) is 1.60. The second-order valence-electron chi connectivity index (χ2n) is 3.52. The molecule has 0 unspecified atom stereocenters. The lowest BCUT2D eigenvalue weighted by Gasteiger charge is -2.03. The second-order valence-corrected chi connectivity index (χ2v) is 3.52. The minimum Gasteiger partial charge on any atom is -0.304 e. The van der Waals surface area contributed by atoms with E-state index in [1.54, 1.807) is 13.1 Å². The number of hydrogen-bond donors (Lipinski definition) is 0. The molecule has 0 fully saturated rings. The first-order chi connectivity index (χ1) is 7.18. The van der Waals surface area contributed by atoms with Crippen LogP contribution >= 0.6 is 0 Å². The first-order valence-corrected chi connectivity index (χ1v) is 4.73. The normalized spacial score (nSPS) is 12.9. The van der Waals surface area contributed by atoms with Crippen LogP contribution < -0.4 is 0 Å². The van der Waals surface area contributed by atoms with E-state index >= 15 is 0 Å². The van der Waals surface area contributed by atoms with Gasteiger partial charge >= 0.3 is 0 Å². The van der Waals surface area contributed by atoms with Crippen LogP contribution in [0.4, 0.5) is 0 Å². The third kappa shape index (κ3) is 1.81. The number of imidazole rings is 1. The van der Waals surface area contributed by atoms with Crippen molar-refractivity contribution in [1.82, 2.24) is 9.38 Å². The van der Waals surface area contributed by atoms with Crippen LogP contribution in [0.5, 0.6) is 0 Å². The lowest BCUT2D eigenvalue weighted by Crippen LogP contribution is -2.18. The van der Waals surface area contributed by atoms with E-state index in [0.717, 1.165) is 11.3 Å². The monoisotopic (exact) mass is 205 g/mol. The molecule has 2 heterocycles. The van der Waals surface area contributed by atoms with E-state index in [4.69, 9.17) is 0 Å². The lowest BCUT2D eigenvalue weighted by atomic mass is 10.2. The zero-order valence-electron chi connectivity index (χ0n) is 8.33. The molecule has 2 aromatic rings. The molecule has 0 aliphatic heterocycles. The largest absolute Gasteiger partial charge is 0.304 e. The van der Waals surface area contributed by atoms with Crippen LogP contribution in [0, 0.1) is 10.1 Å². The zero-order valence-corrected chi connectivity index (χ0v) is 8.33. The van der Waals surface area contributed by atoms with Crippen LogP contribution in [0.3, 0.4) is 0 Å². The van der Waals surface area contributed by atoms with Crippen LogP contribution in [-0.2, 0) is 6.42 Å². The van der Waals surface area contributed by atoms with Crippen molar-refractivity contribution in [2.45, 2.75) is 19.4 Å². The van der Waals surface area contributed by atoms with Crippen molar-refractivity contribution < 1.29 is 4.92 Å². The SMILES string of the molecule is C[C@H](Cc1cnc2ccccn12)[N+](=O)[O-]. The molecule has 0 saturated carbocycles. The minimum atomic E-state index is -0.579. The summed E-state index contributed by atoms with van der Waals surface area (Å²) in [4.78, 5) is 14.4.